The monoisotopic (exact) mass is 684 g/mol. The molecular formula is C37H34Cl2N4O5. The molecule has 9 nitrogen and oxygen atoms in total. The first-order valence-corrected chi connectivity index (χ1v) is 16.5. The third kappa shape index (κ3) is 7.64. The van der Waals surface area contributed by atoms with Crippen LogP contribution in [0.25, 0.3) is 0 Å². The van der Waals surface area contributed by atoms with E-state index in [4.69, 9.17) is 27.9 Å². The number of urea groups is 1. The highest BCUT2D eigenvalue weighted by Gasteiger charge is 2.29. The number of benzene rings is 4. The molecule has 4 aromatic carbocycles. The zero-order valence-corrected chi connectivity index (χ0v) is 27.5. The fourth-order valence-electron chi connectivity index (χ4n) is 6.13. The van der Waals surface area contributed by atoms with E-state index >= 15 is 0 Å². The fourth-order valence-corrected chi connectivity index (χ4v) is 6.79. The molecule has 4 amide bonds. The van der Waals surface area contributed by atoms with Crippen molar-refractivity contribution in [3.05, 3.63) is 140 Å². The minimum Gasteiger partial charge on any atom is -0.459 e. The molecule has 11 heteroatoms. The molecule has 0 fully saturated rings. The highest BCUT2D eigenvalue weighted by Crippen LogP contribution is 2.31. The number of carbonyl (C=O) groups is 4. The molecule has 0 bridgehead atoms. The minimum absolute atomic E-state index is 0.0314. The highest BCUT2D eigenvalue weighted by atomic mass is 35.5. The maximum Gasteiger partial charge on any atom is 0.330 e. The molecule has 48 heavy (non-hydrogen) atoms. The van der Waals surface area contributed by atoms with Crippen molar-refractivity contribution in [1.29, 1.82) is 0 Å². The van der Waals surface area contributed by atoms with E-state index in [9.17, 15) is 19.2 Å². The van der Waals surface area contributed by atoms with Crippen molar-refractivity contribution in [2.75, 3.05) is 13.1 Å². The Bertz CT molecular complexity index is 1830. The molecule has 0 aromatic heterocycles. The lowest BCUT2D eigenvalue weighted by Crippen LogP contribution is -2.51. The van der Waals surface area contributed by atoms with Gasteiger partial charge in [-0.2, -0.15) is 0 Å². The van der Waals surface area contributed by atoms with Gasteiger partial charge in [0.25, 0.3) is 11.8 Å². The van der Waals surface area contributed by atoms with Crippen molar-refractivity contribution in [1.82, 2.24) is 20.9 Å². The SMILES string of the molecule is O=C(NC[C@H](NC(=O)c1c(Cl)cc(C(=O)N2CCc3ccccc3C2)cc1Cl)C(=O)OCc1ccccc1)N[C@@H]1CCc2ccccc21. The first-order valence-electron chi connectivity index (χ1n) is 15.8. The van der Waals surface area contributed by atoms with Crippen LogP contribution < -0.4 is 16.0 Å². The Morgan fingerprint density at radius 2 is 1.50 bits per heavy atom. The lowest BCUT2D eigenvalue weighted by molar-refractivity contribution is -0.147. The molecule has 3 N–H and O–H groups in total. The minimum atomic E-state index is -1.27. The Hall–Kier alpha value is -4.86. The van der Waals surface area contributed by atoms with Crippen LogP contribution in [0.1, 0.15) is 61.0 Å². The van der Waals surface area contributed by atoms with E-state index in [1.165, 1.54) is 23.3 Å². The van der Waals surface area contributed by atoms with Gasteiger partial charge in [-0.25, -0.2) is 9.59 Å². The summed E-state index contributed by atoms with van der Waals surface area (Å²) in [4.78, 5) is 54.8. The summed E-state index contributed by atoms with van der Waals surface area (Å²) in [5, 5.41) is 8.15. The number of aryl methyl sites for hydroxylation is 1. The molecule has 0 unspecified atom stereocenters. The van der Waals surface area contributed by atoms with Crippen LogP contribution in [0.15, 0.2) is 91.0 Å². The molecule has 2 atom stereocenters. The highest BCUT2D eigenvalue weighted by molar-refractivity contribution is 6.40. The topological polar surface area (TPSA) is 117 Å². The second-order valence-corrected chi connectivity index (χ2v) is 12.6. The van der Waals surface area contributed by atoms with Gasteiger partial charge < -0.3 is 25.6 Å². The third-order valence-corrected chi connectivity index (χ3v) is 9.25. The largest absolute Gasteiger partial charge is 0.459 e. The molecule has 2 aliphatic rings. The van der Waals surface area contributed by atoms with Crippen LogP contribution in [0.3, 0.4) is 0 Å². The van der Waals surface area contributed by atoms with Gasteiger partial charge >= 0.3 is 12.0 Å². The van der Waals surface area contributed by atoms with Crippen molar-refractivity contribution in [2.24, 2.45) is 0 Å². The van der Waals surface area contributed by atoms with E-state index in [1.54, 1.807) is 17.0 Å². The number of ether oxygens (including phenoxy) is 1. The molecule has 6 rings (SSSR count). The zero-order chi connectivity index (χ0) is 33.6. The van der Waals surface area contributed by atoms with Crippen LogP contribution in [0.4, 0.5) is 4.79 Å². The normalized spacial score (nSPS) is 15.5. The first kappa shape index (κ1) is 33.1. The molecule has 4 aromatic rings. The van der Waals surface area contributed by atoms with Crippen LogP contribution in [0, 0.1) is 0 Å². The van der Waals surface area contributed by atoms with Crippen molar-refractivity contribution >= 4 is 47.0 Å². The van der Waals surface area contributed by atoms with Gasteiger partial charge in [-0.15, -0.1) is 0 Å². The van der Waals surface area contributed by atoms with E-state index in [0.29, 0.717) is 13.1 Å². The molecular weight excluding hydrogens is 651 g/mol. The average Bonchev–Trinajstić information content (AvgIpc) is 3.50. The Balaban J connectivity index is 1.14. The van der Waals surface area contributed by atoms with Gasteiger partial charge in [-0.1, -0.05) is 102 Å². The van der Waals surface area contributed by atoms with Gasteiger partial charge in [0.2, 0.25) is 0 Å². The fraction of sp³-hybridized carbons (Fsp3) is 0.243. The molecule has 0 saturated heterocycles. The summed E-state index contributed by atoms with van der Waals surface area (Å²) in [7, 11) is 0. The van der Waals surface area contributed by atoms with Crippen LogP contribution >= 0.6 is 23.2 Å². The van der Waals surface area contributed by atoms with Crippen molar-refractivity contribution in [3.63, 3.8) is 0 Å². The average molecular weight is 686 g/mol. The molecule has 0 saturated carbocycles. The quantitative estimate of drug-likeness (QED) is 0.187. The summed E-state index contributed by atoms with van der Waals surface area (Å²) < 4.78 is 5.50. The van der Waals surface area contributed by atoms with Crippen LogP contribution in [-0.2, 0) is 35.5 Å². The van der Waals surface area contributed by atoms with Crippen molar-refractivity contribution in [2.45, 2.75) is 44.5 Å². The summed E-state index contributed by atoms with van der Waals surface area (Å²) in [6, 6.07) is 25.8. The van der Waals surface area contributed by atoms with Gasteiger partial charge in [0.05, 0.1) is 28.2 Å². The predicted octanol–water partition coefficient (Wildman–Crippen LogP) is 6.02. The number of nitrogens with one attached hydrogen (secondary N) is 3. The van der Waals surface area contributed by atoms with Crippen LogP contribution in [0.5, 0.6) is 0 Å². The lowest BCUT2D eigenvalue weighted by Gasteiger charge is -2.29. The van der Waals surface area contributed by atoms with Crippen molar-refractivity contribution < 1.29 is 23.9 Å². The summed E-state index contributed by atoms with van der Waals surface area (Å²) in [5.74, 6) is -1.78. The predicted molar refractivity (Wildman–Crippen MR) is 183 cm³/mol. The van der Waals surface area contributed by atoms with Gasteiger partial charge in [0, 0.05) is 18.7 Å². The number of halogens is 2. The number of hydrogen-bond donors (Lipinski definition) is 3. The van der Waals surface area contributed by atoms with E-state index in [1.807, 2.05) is 60.7 Å². The third-order valence-electron chi connectivity index (χ3n) is 8.65. The molecule has 0 spiro atoms. The molecule has 0 radical (unpaired) electrons. The van der Waals surface area contributed by atoms with Gasteiger partial charge in [-0.05, 0) is 59.2 Å². The molecule has 246 valence electrons. The van der Waals surface area contributed by atoms with Gasteiger partial charge in [0.1, 0.15) is 12.6 Å². The standard InChI is InChI=1S/C37H34Cl2N4O5/c38-29-18-27(35(45)43-17-16-24-10-4-5-12-26(24)21-43)19-30(39)33(29)34(44)41-32(36(46)48-22-23-8-2-1-3-9-23)20-40-37(47)42-31-15-14-25-11-6-7-13-28(25)31/h1-13,18-19,31-32H,14-17,20-22H2,(H,41,44)(H2,40,42,47)/t31-,32+/m1/s1. The van der Waals surface area contributed by atoms with E-state index in [0.717, 1.165) is 36.0 Å². The van der Waals surface area contributed by atoms with Crippen LogP contribution in [-0.4, -0.2) is 47.8 Å². The second kappa shape index (κ2) is 14.9. The molecule has 1 aliphatic carbocycles. The number of carbonyl (C=O) groups excluding carboxylic acids is 4. The van der Waals surface area contributed by atoms with Crippen LogP contribution in [0.2, 0.25) is 10.0 Å². The first-order chi connectivity index (χ1) is 23.3. The second-order valence-electron chi connectivity index (χ2n) is 11.8. The Kier molecular flexibility index (Phi) is 10.3. The summed E-state index contributed by atoms with van der Waals surface area (Å²) >= 11 is 13.1. The zero-order valence-electron chi connectivity index (χ0n) is 26.0. The number of amides is 4. The number of rotatable bonds is 9. The van der Waals surface area contributed by atoms with E-state index < -0.39 is 23.9 Å². The Labute approximate surface area is 288 Å². The maximum absolute atomic E-state index is 13.5. The Morgan fingerprint density at radius 1 is 0.833 bits per heavy atom. The smallest absolute Gasteiger partial charge is 0.330 e. The van der Waals surface area contributed by atoms with E-state index in [-0.39, 0.29) is 46.3 Å². The van der Waals surface area contributed by atoms with Gasteiger partial charge in [0.15, 0.2) is 0 Å². The number of fused-ring (bicyclic) bond motifs is 2. The Morgan fingerprint density at radius 3 is 2.25 bits per heavy atom. The number of esters is 1. The summed E-state index contributed by atoms with van der Waals surface area (Å²) in [6.45, 7) is 0.694. The molecule has 1 heterocycles. The lowest BCUT2D eigenvalue weighted by atomic mass is 9.99. The summed E-state index contributed by atoms with van der Waals surface area (Å²) in [6.07, 6.45) is 2.34. The maximum atomic E-state index is 13.5. The van der Waals surface area contributed by atoms with Crippen molar-refractivity contribution in [3.8, 4) is 0 Å². The molecule has 1 aliphatic heterocycles. The van der Waals surface area contributed by atoms with E-state index in [2.05, 4.69) is 22.0 Å². The summed E-state index contributed by atoms with van der Waals surface area (Å²) in [5.41, 5.74) is 5.41. The van der Waals surface area contributed by atoms with Gasteiger partial charge in [-0.3, -0.25) is 9.59 Å². The number of hydrogen-bond acceptors (Lipinski definition) is 5. The number of nitrogens with zero attached hydrogens (tertiary/aromatic N) is 1.